The van der Waals surface area contributed by atoms with E-state index >= 15 is 0 Å². The molecule has 2 N–H and O–H groups in total. The Balaban J connectivity index is 3.61. The second-order valence-electron chi connectivity index (χ2n) is 6.20. The van der Waals surface area contributed by atoms with Crippen LogP contribution in [0, 0.1) is 0 Å². The zero-order valence-corrected chi connectivity index (χ0v) is 12.8. The Kier molecular flexibility index (Phi) is 7.00. The fourth-order valence-electron chi connectivity index (χ4n) is 1.17. The minimum atomic E-state index is -0.483. The number of hydrogen-bond acceptors (Lipinski definition) is 6. The summed E-state index contributed by atoms with van der Waals surface area (Å²) in [6.07, 6.45) is 0. The van der Waals surface area contributed by atoms with Gasteiger partial charge < -0.3 is 9.47 Å². The maximum absolute atomic E-state index is 11.3. The predicted molar refractivity (Wildman–Crippen MR) is 72.6 cm³/mol. The number of ether oxygens (including phenoxy) is 2. The summed E-state index contributed by atoms with van der Waals surface area (Å²) < 4.78 is 10.2. The number of esters is 2. The molecule has 0 aromatic rings. The second-order valence-corrected chi connectivity index (χ2v) is 6.20. The molecule has 0 radical (unpaired) electrons. The van der Waals surface area contributed by atoms with Crippen molar-refractivity contribution in [3.63, 3.8) is 0 Å². The maximum atomic E-state index is 11.3. The fraction of sp³-hybridized carbons (Fsp3) is 0.846. The Morgan fingerprint density at radius 2 is 1.11 bits per heavy atom. The first-order valence-corrected chi connectivity index (χ1v) is 6.35. The van der Waals surface area contributed by atoms with Crippen molar-refractivity contribution in [3.05, 3.63) is 0 Å². The van der Waals surface area contributed by atoms with Gasteiger partial charge in [-0.3, -0.25) is 20.2 Å². The lowest BCUT2D eigenvalue weighted by molar-refractivity contribution is -0.154. The molecule has 0 unspecified atom stereocenters. The lowest BCUT2D eigenvalue weighted by Gasteiger charge is -2.20. The highest BCUT2D eigenvalue weighted by Gasteiger charge is 2.16. The van der Waals surface area contributed by atoms with Gasteiger partial charge in [-0.05, 0) is 41.5 Å². The van der Waals surface area contributed by atoms with Gasteiger partial charge in [-0.25, -0.2) is 0 Å². The summed E-state index contributed by atoms with van der Waals surface area (Å²) in [5.41, 5.74) is -0.967. The van der Waals surface area contributed by atoms with E-state index in [-0.39, 0.29) is 25.0 Å². The van der Waals surface area contributed by atoms with E-state index in [2.05, 4.69) is 10.6 Å². The molecule has 19 heavy (non-hydrogen) atoms. The lowest BCUT2D eigenvalue weighted by atomic mass is 10.2. The van der Waals surface area contributed by atoms with Crippen LogP contribution < -0.4 is 10.6 Å². The first-order valence-electron chi connectivity index (χ1n) is 6.35. The summed E-state index contributed by atoms with van der Waals surface area (Å²) in [6, 6.07) is 0. The zero-order chi connectivity index (χ0) is 15.1. The van der Waals surface area contributed by atoms with E-state index in [9.17, 15) is 9.59 Å². The highest BCUT2D eigenvalue weighted by atomic mass is 16.6. The van der Waals surface area contributed by atoms with Crippen LogP contribution in [0.25, 0.3) is 0 Å². The minimum Gasteiger partial charge on any atom is -0.459 e. The molecule has 0 aromatic carbocycles. The van der Waals surface area contributed by atoms with Crippen LogP contribution >= 0.6 is 0 Å². The van der Waals surface area contributed by atoms with Crippen molar-refractivity contribution in [2.45, 2.75) is 52.7 Å². The molecule has 0 aliphatic carbocycles. The van der Waals surface area contributed by atoms with E-state index in [0.29, 0.717) is 6.67 Å². The van der Waals surface area contributed by atoms with Gasteiger partial charge in [0.25, 0.3) is 0 Å². The van der Waals surface area contributed by atoms with Crippen molar-refractivity contribution in [1.29, 1.82) is 0 Å². The average Bonchev–Trinajstić information content (AvgIpc) is 2.10. The van der Waals surface area contributed by atoms with Gasteiger partial charge in [-0.15, -0.1) is 0 Å². The van der Waals surface area contributed by atoms with E-state index in [4.69, 9.17) is 9.47 Å². The molecule has 0 aromatic heterocycles. The molecular formula is C13H26N2O4. The van der Waals surface area contributed by atoms with Crippen molar-refractivity contribution in [1.82, 2.24) is 10.6 Å². The molecule has 0 spiro atoms. The minimum absolute atomic E-state index is 0.0958. The SMILES string of the molecule is CC(C)(C)OC(=O)CNCNCC(=O)OC(C)(C)C. The fourth-order valence-corrected chi connectivity index (χ4v) is 1.17. The number of hydrogen-bond donors (Lipinski definition) is 2. The van der Waals surface area contributed by atoms with Crippen LogP contribution in [-0.2, 0) is 19.1 Å². The van der Waals surface area contributed by atoms with Crippen LogP contribution in [0.15, 0.2) is 0 Å². The Labute approximate surface area is 115 Å². The molecule has 0 aliphatic rings. The number of nitrogens with one attached hydrogen (secondary N) is 2. The Morgan fingerprint density at radius 3 is 1.37 bits per heavy atom. The van der Waals surface area contributed by atoms with Crippen LogP contribution in [0.2, 0.25) is 0 Å². The van der Waals surface area contributed by atoms with Crippen LogP contribution in [0.5, 0.6) is 0 Å². The number of rotatable bonds is 6. The Morgan fingerprint density at radius 1 is 0.789 bits per heavy atom. The smallest absolute Gasteiger partial charge is 0.320 e. The molecule has 6 heteroatoms. The normalized spacial score (nSPS) is 12.1. The van der Waals surface area contributed by atoms with E-state index in [1.807, 2.05) is 41.5 Å². The van der Waals surface area contributed by atoms with Gasteiger partial charge in [0.1, 0.15) is 11.2 Å². The number of carbonyl (C=O) groups excluding carboxylic acids is 2. The molecule has 0 rings (SSSR count). The van der Waals surface area contributed by atoms with Crippen molar-refractivity contribution in [2.24, 2.45) is 0 Å². The molecule has 112 valence electrons. The molecule has 0 aliphatic heterocycles. The molecule has 0 saturated carbocycles. The predicted octanol–water partition coefficient (Wildman–Crippen LogP) is 0.807. The quantitative estimate of drug-likeness (QED) is 0.424. The van der Waals surface area contributed by atoms with Crippen LogP contribution in [0.4, 0.5) is 0 Å². The Hall–Kier alpha value is -1.14. The van der Waals surface area contributed by atoms with Gasteiger partial charge in [0.15, 0.2) is 0 Å². The van der Waals surface area contributed by atoms with Crippen LogP contribution in [0.1, 0.15) is 41.5 Å². The van der Waals surface area contributed by atoms with E-state index in [1.54, 1.807) is 0 Å². The molecular weight excluding hydrogens is 248 g/mol. The largest absolute Gasteiger partial charge is 0.459 e. The van der Waals surface area contributed by atoms with E-state index < -0.39 is 11.2 Å². The van der Waals surface area contributed by atoms with Crippen LogP contribution in [0.3, 0.4) is 0 Å². The molecule has 0 fully saturated rings. The summed E-state index contributed by atoms with van der Waals surface area (Å²) in [5.74, 6) is -0.655. The monoisotopic (exact) mass is 274 g/mol. The summed E-state index contributed by atoms with van der Waals surface area (Å²) in [5, 5.41) is 5.67. The topological polar surface area (TPSA) is 76.7 Å². The van der Waals surface area contributed by atoms with Crippen molar-refractivity contribution in [3.8, 4) is 0 Å². The van der Waals surface area contributed by atoms with Crippen molar-refractivity contribution >= 4 is 11.9 Å². The molecule has 6 nitrogen and oxygen atoms in total. The summed E-state index contributed by atoms with van der Waals surface area (Å²) in [7, 11) is 0. The lowest BCUT2D eigenvalue weighted by Crippen LogP contribution is -2.39. The number of carbonyl (C=O) groups is 2. The van der Waals surface area contributed by atoms with Crippen molar-refractivity contribution in [2.75, 3.05) is 19.8 Å². The van der Waals surface area contributed by atoms with E-state index in [0.717, 1.165) is 0 Å². The molecule has 0 heterocycles. The molecule has 0 saturated heterocycles. The van der Waals surface area contributed by atoms with Gasteiger partial charge in [0.2, 0.25) is 0 Å². The van der Waals surface area contributed by atoms with Gasteiger partial charge in [0.05, 0.1) is 13.1 Å². The third-order valence-electron chi connectivity index (χ3n) is 1.63. The third-order valence-corrected chi connectivity index (χ3v) is 1.63. The van der Waals surface area contributed by atoms with Gasteiger partial charge in [0, 0.05) is 6.67 Å². The second kappa shape index (κ2) is 7.45. The Bertz CT molecular complexity index is 273. The highest BCUT2D eigenvalue weighted by molar-refractivity contribution is 5.72. The van der Waals surface area contributed by atoms with Crippen LogP contribution in [-0.4, -0.2) is 42.9 Å². The standard InChI is InChI=1S/C13H26N2O4/c1-12(2,3)18-10(16)7-14-9-15-8-11(17)19-13(4,5)6/h14-15H,7-9H2,1-6H3. The summed E-state index contributed by atoms with van der Waals surface area (Å²) in [6.45, 7) is 11.4. The first-order chi connectivity index (χ1) is 8.49. The van der Waals surface area contributed by atoms with Crippen molar-refractivity contribution < 1.29 is 19.1 Å². The van der Waals surface area contributed by atoms with Gasteiger partial charge >= 0.3 is 11.9 Å². The highest BCUT2D eigenvalue weighted by Crippen LogP contribution is 2.06. The molecule has 0 atom stereocenters. The van der Waals surface area contributed by atoms with Gasteiger partial charge in [-0.1, -0.05) is 0 Å². The van der Waals surface area contributed by atoms with E-state index in [1.165, 1.54) is 0 Å². The third kappa shape index (κ3) is 13.1. The first kappa shape index (κ1) is 17.9. The maximum Gasteiger partial charge on any atom is 0.320 e. The van der Waals surface area contributed by atoms with Gasteiger partial charge in [-0.2, -0.15) is 0 Å². The summed E-state index contributed by atoms with van der Waals surface area (Å²) >= 11 is 0. The molecule has 0 amide bonds. The molecule has 0 bridgehead atoms. The zero-order valence-electron chi connectivity index (χ0n) is 12.8. The average molecular weight is 274 g/mol. The summed E-state index contributed by atoms with van der Waals surface area (Å²) in [4.78, 5) is 22.7.